The third kappa shape index (κ3) is 2.65. The van der Waals surface area contributed by atoms with Crippen LogP contribution in [-0.4, -0.2) is 9.91 Å². The summed E-state index contributed by atoms with van der Waals surface area (Å²) in [6.45, 7) is 0. The number of rotatable bonds is 3. The molecule has 3 rings (SSSR count). The van der Waals surface area contributed by atoms with Crippen LogP contribution < -0.4 is 0 Å². The van der Waals surface area contributed by atoms with Crippen LogP contribution in [0.2, 0.25) is 0 Å². The lowest BCUT2D eigenvalue weighted by Gasteiger charge is -2.09. The Morgan fingerprint density at radius 3 is 2.29 bits per heavy atom. The fourth-order valence-electron chi connectivity index (χ4n) is 2.25. The average Bonchev–Trinajstić information content (AvgIpc) is 2.56. The van der Waals surface area contributed by atoms with Crippen LogP contribution in [-0.2, 0) is 0 Å². The van der Waals surface area contributed by atoms with Gasteiger partial charge in [-0.05, 0) is 29.3 Å². The molecule has 0 aliphatic carbocycles. The highest BCUT2D eigenvalue weighted by molar-refractivity contribution is 5.83. The molecule has 0 aliphatic rings. The van der Waals surface area contributed by atoms with Crippen LogP contribution in [0.25, 0.3) is 22.4 Å². The molecule has 4 heteroatoms. The highest BCUT2D eigenvalue weighted by Gasteiger charge is 2.14. The minimum Gasteiger partial charge on any atom is -0.258 e. The summed E-state index contributed by atoms with van der Waals surface area (Å²) in [6.07, 6.45) is 1.68. The predicted molar refractivity (Wildman–Crippen MR) is 81.8 cm³/mol. The number of non-ortho nitro benzene ring substituents is 1. The Hall–Kier alpha value is -3.01. The summed E-state index contributed by atoms with van der Waals surface area (Å²) >= 11 is 0. The number of hydrogen-bond donors (Lipinski definition) is 0. The smallest absolute Gasteiger partial charge is 0.258 e. The molecule has 0 saturated heterocycles. The summed E-state index contributed by atoms with van der Waals surface area (Å²) in [4.78, 5) is 14.9. The third-order valence-corrected chi connectivity index (χ3v) is 3.24. The zero-order valence-electron chi connectivity index (χ0n) is 11.1. The van der Waals surface area contributed by atoms with Crippen molar-refractivity contribution in [3.8, 4) is 22.4 Å². The molecule has 102 valence electrons. The summed E-state index contributed by atoms with van der Waals surface area (Å²) in [5, 5.41) is 11.0. The highest BCUT2D eigenvalue weighted by atomic mass is 16.6. The van der Waals surface area contributed by atoms with Crippen molar-refractivity contribution < 1.29 is 4.92 Å². The van der Waals surface area contributed by atoms with Crippen molar-refractivity contribution in [2.24, 2.45) is 0 Å². The van der Waals surface area contributed by atoms with E-state index in [2.05, 4.69) is 4.98 Å². The molecule has 0 saturated carbocycles. The number of benzene rings is 2. The molecule has 4 nitrogen and oxygen atoms in total. The number of hydrogen-bond acceptors (Lipinski definition) is 3. The van der Waals surface area contributed by atoms with Crippen molar-refractivity contribution in [2.45, 2.75) is 0 Å². The molecule has 0 aliphatic heterocycles. The van der Waals surface area contributed by atoms with Gasteiger partial charge in [-0.1, -0.05) is 36.4 Å². The van der Waals surface area contributed by atoms with Gasteiger partial charge in [0.2, 0.25) is 0 Å². The van der Waals surface area contributed by atoms with Crippen molar-refractivity contribution in [2.75, 3.05) is 0 Å². The maximum absolute atomic E-state index is 11.0. The van der Waals surface area contributed by atoms with Crippen LogP contribution in [0.15, 0.2) is 72.9 Å². The van der Waals surface area contributed by atoms with Crippen LogP contribution in [0.3, 0.4) is 0 Å². The van der Waals surface area contributed by atoms with Crippen LogP contribution in [0.5, 0.6) is 0 Å². The molecule has 0 amide bonds. The lowest BCUT2D eigenvalue weighted by Crippen LogP contribution is -1.92. The van der Waals surface area contributed by atoms with Gasteiger partial charge in [0.05, 0.1) is 10.6 Å². The Bertz CT molecular complexity index is 771. The summed E-state index contributed by atoms with van der Waals surface area (Å²) in [6, 6.07) is 20.2. The maximum Gasteiger partial charge on any atom is 0.270 e. The quantitative estimate of drug-likeness (QED) is 0.528. The molecule has 0 bridgehead atoms. The normalized spacial score (nSPS) is 10.3. The topological polar surface area (TPSA) is 56.0 Å². The summed E-state index contributed by atoms with van der Waals surface area (Å²) < 4.78 is 0. The SMILES string of the molecule is O=[N+]([O-])c1ccc(-c2ccccc2)c(-c2ccccn2)c1. The number of nitrogens with zero attached hydrogens (tertiary/aromatic N) is 2. The van der Waals surface area contributed by atoms with Gasteiger partial charge in [0.15, 0.2) is 0 Å². The van der Waals surface area contributed by atoms with Crippen LogP contribution in [0.1, 0.15) is 0 Å². The third-order valence-electron chi connectivity index (χ3n) is 3.24. The van der Waals surface area contributed by atoms with Crippen molar-refractivity contribution in [3.05, 3.63) is 83.0 Å². The van der Waals surface area contributed by atoms with Crippen LogP contribution >= 0.6 is 0 Å². The molecule has 0 unspecified atom stereocenters. The van der Waals surface area contributed by atoms with E-state index in [9.17, 15) is 10.1 Å². The van der Waals surface area contributed by atoms with E-state index in [4.69, 9.17) is 0 Å². The highest BCUT2D eigenvalue weighted by Crippen LogP contribution is 2.33. The van der Waals surface area contributed by atoms with E-state index in [-0.39, 0.29) is 10.6 Å². The number of nitro benzene ring substituents is 1. The van der Waals surface area contributed by atoms with Gasteiger partial charge >= 0.3 is 0 Å². The van der Waals surface area contributed by atoms with E-state index in [1.165, 1.54) is 6.07 Å². The first kappa shape index (κ1) is 13.0. The van der Waals surface area contributed by atoms with Crippen molar-refractivity contribution in [1.29, 1.82) is 0 Å². The lowest BCUT2D eigenvalue weighted by atomic mass is 9.97. The Kier molecular flexibility index (Phi) is 3.43. The minimum absolute atomic E-state index is 0.0651. The Morgan fingerprint density at radius 1 is 0.857 bits per heavy atom. The first-order valence-corrected chi connectivity index (χ1v) is 6.51. The fraction of sp³-hybridized carbons (Fsp3) is 0. The van der Waals surface area contributed by atoms with Crippen LogP contribution in [0.4, 0.5) is 5.69 Å². The van der Waals surface area contributed by atoms with E-state index in [1.807, 2.05) is 48.5 Å². The van der Waals surface area contributed by atoms with Crippen molar-refractivity contribution in [1.82, 2.24) is 4.98 Å². The molecular formula is C17H12N2O2. The van der Waals surface area contributed by atoms with Crippen molar-refractivity contribution >= 4 is 5.69 Å². The molecule has 0 N–H and O–H groups in total. The molecule has 1 heterocycles. The summed E-state index contributed by atoms with van der Waals surface area (Å²) in [7, 11) is 0. The zero-order chi connectivity index (χ0) is 14.7. The first-order chi connectivity index (χ1) is 10.3. The van der Waals surface area contributed by atoms with Gasteiger partial charge in [-0.25, -0.2) is 0 Å². The average molecular weight is 276 g/mol. The zero-order valence-corrected chi connectivity index (χ0v) is 11.1. The second-order valence-corrected chi connectivity index (χ2v) is 4.57. The predicted octanol–water partition coefficient (Wildman–Crippen LogP) is 4.32. The van der Waals surface area contributed by atoms with Gasteiger partial charge in [-0.15, -0.1) is 0 Å². The van der Waals surface area contributed by atoms with Gasteiger partial charge in [0.25, 0.3) is 5.69 Å². The standard InChI is InChI=1S/C17H12N2O2/c20-19(21)14-9-10-15(13-6-2-1-3-7-13)16(12-14)17-8-4-5-11-18-17/h1-12H. The van der Waals surface area contributed by atoms with Crippen LogP contribution in [0, 0.1) is 10.1 Å². The molecule has 0 fully saturated rings. The maximum atomic E-state index is 11.0. The van der Waals surface area contributed by atoms with E-state index in [0.29, 0.717) is 0 Å². The number of aromatic nitrogens is 1. The van der Waals surface area contributed by atoms with Gasteiger partial charge in [0.1, 0.15) is 0 Å². The number of pyridine rings is 1. The Morgan fingerprint density at radius 2 is 1.62 bits per heavy atom. The molecule has 3 aromatic rings. The second-order valence-electron chi connectivity index (χ2n) is 4.57. The monoisotopic (exact) mass is 276 g/mol. The number of nitro groups is 1. The Balaban J connectivity index is 2.23. The lowest BCUT2D eigenvalue weighted by molar-refractivity contribution is -0.384. The fourth-order valence-corrected chi connectivity index (χ4v) is 2.25. The molecule has 21 heavy (non-hydrogen) atoms. The van der Waals surface area contributed by atoms with E-state index in [1.54, 1.807) is 18.3 Å². The molecule has 0 spiro atoms. The van der Waals surface area contributed by atoms with Gasteiger partial charge in [-0.2, -0.15) is 0 Å². The Labute approximate surface area is 121 Å². The van der Waals surface area contributed by atoms with Gasteiger partial charge in [-0.3, -0.25) is 15.1 Å². The minimum atomic E-state index is -0.388. The molecule has 0 radical (unpaired) electrons. The second kappa shape index (κ2) is 5.54. The van der Waals surface area contributed by atoms with Gasteiger partial charge < -0.3 is 0 Å². The summed E-state index contributed by atoms with van der Waals surface area (Å²) in [5.74, 6) is 0. The largest absolute Gasteiger partial charge is 0.270 e. The van der Waals surface area contributed by atoms with E-state index < -0.39 is 0 Å². The molecular weight excluding hydrogens is 264 g/mol. The molecule has 0 atom stereocenters. The van der Waals surface area contributed by atoms with E-state index in [0.717, 1.165) is 22.4 Å². The molecule has 1 aromatic heterocycles. The van der Waals surface area contributed by atoms with Gasteiger partial charge in [0, 0.05) is 23.9 Å². The molecule has 2 aromatic carbocycles. The summed E-state index contributed by atoms with van der Waals surface area (Å²) in [5.41, 5.74) is 3.49. The van der Waals surface area contributed by atoms with Crippen molar-refractivity contribution in [3.63, 3.8) is 0 Å². The first-order valence-electron chi connectivity index (χ1n) is 6.51. The van der Waals surface area contributed by atoms with E-state index >= 15 is 0 Å².